The third kappa shape index (κ3) is 3.33. The summed E-state index contributed by atoms with van der Waals surface area (Å²) in [5.41, 5.74) is 0.972. The zero-order chi connectivity index (χ0) is 19.0. The van der Waals surface area contributed by atoms with Crippen LogP contribution >= 0.6 is 0 Å². The van der Waals surface area contributed by atoms with Crippen molar-refractivity contribution in [2.45, 2.75) is 25.7 Å². The molecular weight excluding hydrogens is 342 g/mol. The van der Waals surface area contributed by atoms with E-state index in [1.165, 1.54) is 5.56 Å². The first-order chi connectivity index (χ1) is 13.0. The zero-order valence-corrected chi connectivity index (χ0v) is 15.9. The van der Waals surface area contributed by atoms with Crippen molar-refractivity contribution in [2.24, 2.45) is 11.3 Å². The fraction of sp³-hybridized carbons (Fsp3) is 0.571. The molecule has 3 heterocycles. The molecule has 0 aliphatic carbocycles. The molecule has 0 unspecified atom stereocenters. The maximum absolute atomic E-state index is 12.6. The summed E-state index contributed by atoms with van der Waals surface area (Å²) in [5, 5.41) is 0. The number of benzene rings is 1. The van der Waals surface area contributed by atoms with E-state index in [0.717, 1.165) is 19.4 Å². The quantitative estimate of drug-likeness (QED) is 0.735. The molecule has 6 nitrogen and oxygen atoms in total. The molecule has 3 fully saturated rings. The smallest absolute Gasteiger partial charge is 0.312 e. The molecule has 1 spiro atoms. The molecule has 0 aromatic heterocycles. The van der Waals surface area contributed by atoms with E-state index in [1.807, 2.05) is 25.2 Å². The van der Waals surface area contributed by atoms with Crippen molar-refractivity contribution in [2.75, 3.05) is 39.8 Å². The molecule has 1 aromatic carbocycles. The van der Waals surface area contributed by atoms with E-state index in [-0.39, 0.29) is 17.2 Å². The van der Waals surface area contributed by atoms with Crippen molar-refractivity contribution in [3.8, 4) is 0 Å². The minimum Gasteiger partial charge on any atom is -0.345 e. The van der Waals surface area contributed by atoms with E-state index in [1.54, 1.807) is 14.7 Å². The SMILES string of the molecule is CN1CCC2(CCN(C(=O)C(=O)N3CC(Cc4ccccc4)C3)CC2)C1=O. The Morgan fingerprint density at radius 1 is 0.963 bits per heavy atom. The highest BCUT2D eigenvalue weighted by atomic mass is 16.2. The predicted octanol–water partition coefficient (Wildman–Crippen LogP) is 1.16. The standard InChI is InChI=1S/C21H27N3O3/c1-22-10-7-21(20(22)27)8-11-23(12-9-21)18(25)19(26)24-14-17(15-24)13-16-5-3-2-4-6-16/h2-6,17H,7-15H2,1H3. The van der Waals surface area contributed by atoms with Gasteiger partial charge in [0.15, 0.2) is 0 Å². The van der Waals surface area contributed by atoms with Gasteiger partial charge in [-0.1, -0.05) is 30.3 Å². The van der Waals surface area contributed by atoms with Gasteiger partial charge in [-0.3, -0.25) is 14.4 Å². The lowest BCUT2D eigenvalue weighted by Gasteiger charge is -2.41. The van der Waals surface area contributed by atoms with Crippen molar-refractivity contribution >= 4 is 17.7 Å². The minimum absolute atomic E-state index is 0.201. The van der Waals surface area contributed by atoms with Gasteiger partial charge in [0.05, 0.1) is 5.41 Å². The van der Waals surface area contributed by atoms with Gasteiger partial charge in [0, 0.05) is 39.8 Å². The fourth-order valence-electron chi connectivity index (χ4n) is 4.68. The van der Waals surface area contributed by atoms with E-state index in [4.69, 9.17) is 0 Å². The normalized spacial score (nSPS) is 22.3. The van der Waals surface area contributed by atoms with Crippen molar-refractivity contribution in [3.63, 3.8) is 0 Å². The van der Waals surface area contributed by atoms with Crippen LogP contribution in [0.3, 0.4) is 0 Å². The van der Waals surface area contributed by atoms with E-state index in [2.05, 4.69) is 12.1 Å². The summed E-state index contributed by atoms with van der Waals surface area (Å²) in [7, 11) is 1.84. The number of amides is 3. The third-order valence-electron chi connectivity index (χ3n) is 6.53. The van der Waals surface area contributed by atoms with Gasteiger partial charge in [0.1, 0.15) is 0 Å². The molecule has 4 rings (SSSR count). The van der Waals surface area contributed by atoms with E-state index >= 15 is 0 Å². The van der Waals surface area contributed by atoms with Crippen LogP contribution in [0, 0.1) is 11.3 Å². The Labute approximate surface area is 160 Å². The number of carbonyl (C=O) groups excluding carboxylic acids is 3. The number of carbonyl (C=O) groups is 3. The Morgan fingerprint density at radius 3 is 2.15 bits per heavy atom. The zero-order valence-electron chi connectivity index (χ0n) is 15.9. The highest BCUT2D eigenvalue weighted by molar-refractivity contribution is 6.35. The molecule has 3 saturated heterocycles. The summed E-state index contributed by atoms with van der Waals surface area (Å²) in [6, 6.07) is 10.2. The topological polar surface area (TPSA) is 60.9 Å². The largest absolute Gasteiger partial charge is 0.345 e. The molecule has 0 radical (unpaired) electrons. The minimum atomic E-state index is -0.401. The molecule has 3 aliphatic heterocycles. The average Bonchev–Trinajstić information content (AvgIpc) is 2.93. The second kappa shape index (κ2) is 6.98. The van der Waals surface area contributed by atoms with E-state index < -0.39 is 5.91 Å². The number of hydrogen-bond acceptors (Lipinski definition) is 3. The van der Waals surface area contributed by atoms with Gasteiger partial charge in [-0.15, -0.1) is 0 Å². The number of nitrogens with zero attached hydrogens (tertiary/aromatic N) is 3. The molecule has 0 bridgehead atoms. The van der Waals surface area contributed by atoms with Gasteiger partial charge < -0.3 is 14.7 Å². The second-order valence-electron chi connectivity index (χ2n) is 8.32. The Kier molecular flexibility index (Phi) is 4.66. The summed E-state index contributed by atoms with van der Waals surface area (Å²) >= 11 is 0. The highest BCUT2D eigenvalue weighted by Crippen LogP contribution is 2.41. The number of rotatable bonds is 2. The molecule has 0 atom stereocenters. The van der Waals surface area contributed by atoms with E-state index in [9.17, 15) is 14.4 Å². The molecule has 144 valence electrons. The van der Waals surface area contributed by atoms with Crippen molar-refractivity contribution in [1.82, 2.24) is 14.7 Å². The Morgan fingerprint density at radius 2 is 1.56 bits per heavy atom. The Bertz CT molecular complexity index is 734. The highest BCUT2D eigenvalue weighted by Gasteiger charge is 2.48. The van der Waals surface area contributed by atoms with Gasteiger partial charge in [0.25, 0.3) is 0 Å². The van der Waals surface area contributed by atoms with Crippen LogP contribution in [0.2, 0.25) is 0 Å². The van der Waals surface area contributed by atoms with Gasteiger partial charge in [-0.25, -0.2) is 0 Å². The summed E-state index contributed by atoms with van der Waals surface area (Å²) < 4.78 is 0. The van der Waals surface area contributed by atoms with Crippen LogP contribution < -0.4 is 0 Å². The van der Waals surface area contributed by atoms with Crippen LogP contribution in [0.5, 0.6) is 0 Å². The second-order valence-corrected chi connectivity index (χ2v) is 8.32. The van der Waals surface area contributed by atoms with Crippen molar-refractivity contribution in [3.05, 3.63) is 35.9 Å². The molecule has 27 heavy (non-hydrogen) atoms. The third-order valence-corrected chi connectivity index (χ3v) is 6.53. The molecule has 6 heteroatoms. The van der Waals surface area contributed by atoms with Crippen LogP contribution in [-0.4, -0.2) is 72.2 Å². The summed E-state index contributed by atoms with van der Waals surface area (Å²) in [6.07, 6.45) is 3.16. The van der Waals surface area contributed by atoms with E-state index in [0.29, 0.717) is 44.9 Å². The van der Waals surface area contributed by atoms with Gasteiger partial charge in [0.2, 0.25) is 5.91 Å². The predicted molar refractivity (Wildman–Crippen MR) is 101 cm³/mol. The first-order valence-electron chi connectivity index (χ1n) is 9.86. The average molecular weight is 369 g/mol. The lowest BCUT2D eigenvalue weighted by molar-refractivity contribution is -0.157. The van der Waals surface area contributed by atoms with Crippen molar-refractivity contribution < 1.29 is 14.4 Å². The van der Waals surface area contributed by atoms with Crippen LogP contribution in [0.4, 0.5) is 0 Å². The lowest BCUT2D eigenvalue weighted by Crippen LogP contribution is -2.57. The molecule has 0 N–H and O–H groups in total. The Hall–Kier alpha value is -2.37. The van der Waals surface area contributed by atoms with Crippen LogP contribution in [0.15, 0.2) is 30.3 Å². The molecular formula is C21H27N3O3. The Balaban J connectivity index is 1.26. The van der Waals surface area contributed by atoms with Gasteiger partial charge in [-0.05, 0) is 37.2 Å². The lowest BCUT2D eigenvalue weighted by atomic mass is 9.77. The van der Waals surface area contributed by atoms with Gasteiger partial charge >= 0.3 is 11.8 Å². The van der Waals surface area contributed by atoms with Crippen LogP contribution in [0.25, 0.3) is 0 Å². The molecule has 3 amide bonds. The van der Waals surface area contributed by atoms with Crippen LogP contribution in [0.1, 0.15) is 24.8 Å². The number of piperidine rings is 1. The number of hydrogen-bond donors (Lipinski definition) is 0. The summed E-state index contributed by atoms with van der Waals surface area (Å²) in [5.74, 6) is -0.153. The first-order valence-corrected chi connectivity index (χ1v) is 9.86. The summed E-state index contributed by atoms with van der Waals surface area (Å²) in [6.45, 7) is 3.11. The number of likely N-dealkylation sites (tertiary alicyclic amines) is 3. The molecule has 0 saturated carbocycles. The molecule has 3 aliphatic rings. The maximum Gasteiger partial charge on any atom is 0.312 e. The fourth-order valence-corrected chi connectivity index (χ4v) is 4.68. The van der Waals surface area contributed by atoms with Crippen molar-refractivity contribution in [1.29, 1.82) is 0 Å². The summed E-state index contributed by atoms with van der Waals surface area (Å²) in [4.78, 5) is 42.6. The van der Waals surface area contributed by atoms with Gasteiger partial charge in [-0.2, -0.15) is 0 Å². The monoisotopic (exact) mass is 369 g/mol. The molecule has 1 aromatic rings. The maximum atomic E-state index is 12.6. The first kappa shape index (κ1) is 18.0. The van der Waals surface area contributed by atoms with Crippen LogP contribution in [-0.2, 0) is 20.8 Å².